The summed E-state index contributed by atoms with van der Waals surface area (Å²) in [6, 6.07) is 0. The highest BCUT2D eigenvalue weighted by Gasteiger charge is 2.34. The highest BCUT2D eigenvalue weighted by Crippen LogP contribution is 2.38. The molecule has 1 aliphatic carbocycles. The number of rotatable bonds is 5. The van der Waals surface area contributed by atoms with Gasteiger partial charge in [0.15, 0.2) is 5.11 Å². The minimum absolute atomic E-state index is 0.115. The molecule has 3 N–H and O–H groups in total. The summed E-state index contributed by atoms with van der Waals surface area (Å²) in [5.74, 6) is -0.776. The Hall–Kier alpha value is -0.800. The van der Waals surface area contributed by atoms with Gasteiger partial charge in [0.2, 0.25) is 9.70 Å². The van der Waals surface area contributed by atoms with Gasteiger partial charge in [-0.1, -0.05) is 34.8 Å². The Morgan fingerprint density at radius 1 is 1.26 bits per heavy atom. The summed E-state index contributed by atoms with van der Waals surface area (Å²) in [6.07, 6.45) is 2.80. The van der Waals surface area contributed by atoms with E-state index in [0.717, 1.165) is 36.1 Å². The zero-order valence-electron chi connectivity index (χ0n) is 14.8. The molecule has 27 heavy (non-hydrogen) atoms. The Bertz CT molecular complexity index is 734. The first-order chi connectivity index (χ1) is 12.6. The fourth-order valence-corrected chi connectivity index (χ4v) is 4.64. The van der Waals surface area contributed by atoms with Crippen molar-refractivity contribution >= 4 is 80.3 Å². The third kappa shape index (κ3) is 6.09. The van der Waals surface area contributed by atoms with E-state index < -0.39 is 9.96 Å². The largest absolute Gasteiger partial charge is 0.462 e. The lowest BCUT2D eigenvalue weighted by atomic mass is 9.95. The van der Waals surface area contributed by atoms with Crippen LogP contribution in [0.5, 0.6) is 0 Å². The van der Waals surface area contributed by atoms with Crippen molar-refractivity contribution in [2.45, 2.75) is 49.5 Å². The lowest BCUT2D eigenvalue weighted by molar-refractivity contribution is -0.119. The van der Waals surface area contributed by atoms with Gasteiger partial charge in [-0.15, -0.1) is 11.3 Å². The van der Waals surface area contributed by atoms with Gasteiger partial charge in [0.25, 0.3) is 0 Å². The Kier molecular flexibility index (Phi) is 8.00. The molecule has 2 rings (SSSR count). The van der Waals surface area contributed by atoms with Crippen molar-refractivity contribution in [2.75, 3.05) is 11.9 Å². The maximum absolute atomic E-state index is 12.5. The van der Waals surface area contributed by atoms with E-state index in [1.165, 1.54) is 18.3 Å². The number of ether oxygens (including phenoxy) is 1. The number of anilines is 1. The molecule has 0 aromatic carbocycles. The standard InChI is InChI=1S/C16H20Cl3N3O3S2/c1-3-25-13(24)11-9-6-4-5-7-10(9)27-12(11)21-15(26)22-14(16(17,18)19)20-8(2)23/h14H,3-7H2,1-2H3,(H,20,23)(H2,21,22,26)/t14-/m1/s1. The number of carbonyl (C=O) groups excluding carboxylic acids is 2. The van der Waals surface area contributed by atoms with Crippen LogP contribution < -0.4 is 16.0 Å². The van der Waals surface area contributed by atoms with Crippen LogP contribution in [0.2, 0.25) is 0 Å². The van der Waals surface area contributed by atoms with E-state index in [1.807, 2.05) is 0 Å². The second-order valence-corrected chi connectivity index (χ2v) is 9.79. The fraction of sp³-hybridized carbons (Fsp3) is 0.562. The topological polar surface area (TPSA) is 79.5 Å². The van der Waals surface area contributed by atoms with E-state index in [4.69, 9.17) is 51.8 Å². The fourth-order valence-electron chi connectivity index (χ4n) is 2.75. The molecule has 1 heterocycles. The molecule has 0 unspecified atom stereocenters. The van der Waals surface area contributed by atoms with Gasteiger partial charge in [-0.2, -0.15) is 0 Å². The highest BCUT2D eigenvalue weighted by molar-refractivity contribution is 7.80. The molecule has 0 saturated carbocycles. The van der Waals surface area contributed by atoms with E-state index >= 15 is 0 Å². The predicted octanol–water partition coefficient (Wildman–Crippen LogP) is 3.92. The Morgan fingerprint density at radius 2 is 1.93 bits per heavy atom. The first-order valence-corrected chi connectivity index (χ1v) is 10.7. The number of carbonyl (C=O) groups is 2. The number of hydrogen-bond acceptors (Lipinski definition) is 5. The molecule has 150 valence electrons. The SMILES string of the molecule is CCOC(=O)c1c(NC(=S)N[C@@H](NC(C)=O)C(Cl)(Cl)Cl)sc2c1CCCC2. The highest BCUT2D eigenvalue weighted by atomic mass is 35.6. The van der Waals surface area contributed by atoms with E-state index in [2.05, 4.69) is 16.0 Å². The first kappa shape index (κ1) is 22.5. The summed E-state index contributed by atoms with van der Waals surface area (Å²) in [4.78, 5) is 25.0. The molecule has 0 fully saturated rings. The van der Waals surface area contributed by atoms with E-state index in [-0.39, 0.29) is 23.6 Å². The molecule has 0 spiro atoms. The summed E-state index contributed by atoms with van der Waals surface area (Å²) in [6.45, 7) is 3.34. The second-order valence-electron chi connectivity index (χ2n) is 5.91. The summed E-state index contributed by atoms with van der Waals surface area (Å²) < 4.78 is 3.38. The summed E-state index contributed by atoms with van der Waals surface area (Å²) in [7, 11) is 0. The van der Waals surface area contributed by atoms with Crippen LogP contribution in [0.3, 0.4) is 0 Å². The van der Waals surface area contributed by atoms with Crippen LogP contribution in [-0.4, -0.2) is 33.6 Å². The summed E-state index contributed by atoms with van der Waals surface area (Å²) in [5, 5.41) is 8.94. The van der Waals surface area contributed by atoms with Gasteiger partial charge in [-0.25, -0.2) is 4.79 Å². The van der Waals surface area contributed by atoms with Crippen molar-refractivity contribution in [1.29, 1.82) is 0 Å². The maximum Gasteiger partial charge on any atom is 0.341 e. The van der Waals surface area contributed by atoms with Crippen molar-refractivity contribution in [3.63, 3.8) is 0 Å². The van der Waals surface area contributed by atoms with Crippen molar-refractivity contribution < 1.29 is 14.3 Å². The van der Waals surface area contributed by atoms with Crippen molar-refractivity contribution in [2.24, 2.45) is 0 Å². The average molecular weight is 473 g/mol. The predicted molar refractivity (Wildman–Crippen MR) is 114 cm³/mol. The van der Waals surface area contributed by atoms with E-state index in [0.29, 0.717) is 10.6 Å². The van der Waals surface area contributed by atoms with Crippen LogP contribution in [0.1, 0.15) is 47.5 Å². The molecule has 1 atom stereocenters. The average Bonchev–Trinajstić information content (AvgIpc) is 2.90. The molecule has 1 aliphatic rings. The van der Waals surface area contributed by atoms with Gasteiger partial charge in [0, 0.05) is 11.8 Å². The van der Waals surface area contributed by atoms with Crippen LogP contribution >= 0.6 is 58.4 Å². The van der Waals surface area contributed by atoms with Crippen LogP contribution in [-0.2, 0) is 22.4 Å². The molecule has 0 aliphatic heterocycles. The van der Waals surface area contributed by atoms with E-state index in [1.54, 1.807) is 6.92 Å². The van der Waals surface area contributed by atoms with Crippen LogP contribution in [0.4, 0.5) is 5.00 Å². The Labute approximate surface area is 182 Å². The number of alkyl halides is 3. The van der Waals surface area contributed by atoms with E-state index in [9.17, 15) is 9.59 Å². The van der Waals surface area contributed by atoms with Crippen molar-refractivity contribution in [1.82, 2.24) is 10.6 Å². The number of thiophene rings is 1. The van der Waals surface area contributed by atoms with Crippen molar-refractivity contribution in [3.8, 4) is 0 Å². The van der Waals surface area contributed by atoms with Gasteiger partial charge in [0.1, 0.15) is 11.2 Å². The zero-order chi connectivity index (χ0) is 20.2. The Balaban J connectivity index is 2.22. The number of aryl methyl sites for hydroxylation is 1. The monoisotopic (exact) mass is 471 g/mol. The number of thiocarbonyl (C=S) groups is 1. The molecule has 1 aromatic heterocycles. The Morgan fingerprint density at radius 3 is 2.52 bits per heavy atom. The molecular weight excluding hydrogens is 453 g/mol. The lowest BCUT2D eigenvalue weighted by Crippen LogP contribution is -2.55. The molecule has 0 saturated heterocycles. The quantitative estimate of drug-likeness (QED) is 0.261. The molecule has 11 heteroatoms. The summed E-state index contributed by atoms with van der Waals surface area (Å²) in [5.41, 5.74) is 1.51. The number of amides is 1. The second kappa shape index (κ2) is 9.60. The van der Waals surface area contributed by atoms with Crippen LogP contribution in [0.25, 0.3) is 0 Å². The number of hydrogen-bond donors (Lipinski definition) is 3. The molecule has 1 amide bonds. The van der Waals surface area contributed by atoms with Crippen molar-refractivity contribution in [3.05, 3.63) is 16.0 Å². The zero-order valence-corrected chi connectivity index (χ0v) is 18.7. The van der Waals surface area contributed by atoms with Gasteiger partial charge >= 0.3 is 5.97 Å². The third-order valence-electron chi connectivity index (χ3n) is 3.83. The van der Waals surface area contributed by atoms with Crippen LogP contribution in [0.15, 0.2) is 0 Å². The van der Waals surface area contributed by atoms with Gasteiger partial charge in [-0.3, -0.25) is 4.79 Å². The minimum atomic E-state index is -1.82. The lowest BCUT2D eigenvalue weighted by Gasteiger charge is -2.27. The molecule has 0 bridgehead atoms. The molecule has 1 aromatic rings. The molecule has 0 radical (unpaired) electrons. The first-order valence-electron chi connectivity index (χ1n) is 8.36. The normalized spacial score (nSPS) is 14.7. The molecule has 6 nitrogen and oxygen atoms in total. The van der Waals surface area contributed by atoms with Gasteiger partial charge in [-0.05, 0) is 50.4 Å². The van der Waals surface area contributed by atoms with Crippen LogP contribution in [0, 0.1) is 0 Å². The number of fused-ring (bicyclic) bond motifs is 1. The number of esters is 1. The third-order valence-corrected chi connectivity index (χ3v) is 5.91. The maximum atomic E-state index is 12.5. The smallest absolute Gasteiger partial charge is 0.341 e. The minimum Gasteiger partial charge on any atom is -0.462 e. The molecular formula is C16H20Cl3N3O3S2. The number of nitrogens with one attached hydrogen (secondary N) is 3. The van der Waals surface area contributed by atoms with Gasteiger partial charge in [0.05, 0.1) is 12.2 Å². The van der Waals surface area contributed by atoms with Gasteiger partial charge < -0.3 is 20.7 Å². The summed E-state index contributed by atoms with van der Waals surface area (Å²) >= 11 is 24.4. The number of halogens is 3.